The minimum Gasteiger partial charge on any atom is -0.0999 e. The lowest BCUT2D eigenvalue weighted by molar-refractivity contribution is 0.653. The summed E-state index contributed by atoms with van der Waals surface area (Å²) < 4.78 is 0. The van der Waals surface area contributed by atoms with E-state index in [2.05, 4.69) is 20.4 Å². The van der Waals surface area contributed by atoms with Crippen LogP contribution >= 0.6 is 0 Å². The van der Waals surface area contributed by atoms with Crippen LogP contribution in [0.25, 0.3) is 0 Å². The molecule has 0 saturated carbocycles. The summed E-state index contributed by atoms with van der Waals surface area (Å²) in [6, 6.07) is 0. The maximum atomic E-state index is 4.04. The van der Waals surface area contributed by atoms with Crippen molar-refractivity contribution in [2.45, 2.75) is 58.8 Å². The predicted octanol–water partition coefficient (Wildman–Crippen LogP) is 4.31. The van der Waals surface area contributed by atoms with Crippen LogP contribution in [0, 0.1) is 0 Å². The standard InChI is InChI=1S/C11H22/c1-4-6-7-8-10-11(3)9-5-2/h3-10H2,1-2H3. The zero-order chi connectivity index (χ0) is 8.53. The molecular formula is C11H22. The van der Waals surface area contributed by atoms with Gasteiger partial charge in [0, 0.05) is 0 Å². The molecular weight excluding hydrogens is 132 g/mol. The average Bonchev–Trinajstić information content (AvgIpc) is 1.99. The number of allylic oxidation sites excluding steroid dienone is 1. The summed E-state index contributed by atoms with van der Waals surface area (Å²) in [7, 11) is 0. The highest BCUT2D eigenvalue weighted by Crippen LogP contribution is 2.12. The van der Waals surface area contributed by atoms with Crippen molar-refractivity contribution in [3.63, 3.8) is 0 Å². The van der Waals surface area contributed by atoms with E-state index < -0.39 is 0 Å². The topological polar surface area (TPSA) is 0 Å². The van der Waals surface area contributed by atoms with Gasteiger partial charge in [-0.25, -0.2) is 0 Å². The van der Waals surface area contributed by atoms with E-state index in [1.807, 2.05) is 0 Å². The number of hydrogen-bond donors (Lipinski definition) is 0. The number of hydrogen-bond acceptors (Lipinski definition) is 0. The Morgan fingerprint density at radius 3 is 2.18 bits per heavy atom. The van der Waals surface area contributed by atoms with E-state index in [0.717, 1.165) is 0 Å². The maximum absolute atomic E-state index is 4.04. The van der Waals surface area contributed by atoms with Crippen molar-refractivity contribution in [3.8, 4) is 0 Å². The van der Waals surface area contributed by atoms with Crippen molar-refractivity contribution in [2.24, 2.45) is 0 Å². The minimum atomic E-state index is 1.23. The molecule has 0 aliphatic rings. The van der Waals surface area contributed by atoms with Crippen LogP contribution in [0.2, 0.25) is 0 Å². The lowest BCUT2D eigenvalue weighted by Crippen LogP contribution is -1.82. The van der Waals surface area contributed by atoms with Gasteiger partial charge in [0.1, 0.15) is 0 Å². The SMILES string of the molecule is C=C(CCC)CCCCCC. The van der Waals surface area contributed by atoms with Crippen molar-refractivity contribution in [1.29, 1.82) is 0 Å². The first-order valence-corrected chi connectivity index (χ1v) is 4.97. The molecule has 0 aromatic rings. The van der Waals surface area contributed by atoms with Gasteiger partial charge in [-0.2, -0.15) is 0 Å². The smallest absolute Gasteiger partial charge is 0.0323 e. The Hall–Kier alpha value is -0.260. The molecule has 0 N–H and O–H groups in total. The third kappa shape index (κ3) is 7.64. The summed E-state index contributed by atoms with van der Waals surface area (Å²) in [4.78, 5) is 0. The van der Waals surface area contributed by atoms with Crippen molar-refractivity contribution in [1.82, 2.24) is 0 Å². The second kappa shape index (κ2) is 7.84. The molecule has 11 heavy (non-hydrogen) atoms. The van der Waals surface area contributed by atoms with Gasteiger partial charge < -0.3 is 0 Å². The zero-order valence-corrected chi connectivity index (χ0v) is 8.16. The molecule has 0 heteroatoms. The van der Waals surface area contributed by atoms with Crippen molar-refractivity contribution in [3.05, 3.63) is 12.2 Å². The molecule has 0 aliphatic carbocycles. The largest absolute Gasteiger partial charge is 0.0999 e. The van der Waals surface area contributed by atoms with E-state index in [0.29, 0.717) is 0 Å². The summed E-state index contributed by atoms with van der Waals surface area (Å²) >= 11 is 0. The molecule has 0 aromatic heterocycles. The van der Waals surface area contributed by atoms with Crippen molar-refractivity contribution in [2.75, 3.05) is 0 Å². The molecule has 0 radical (unpaired) electrons. The van der Waals surface area contributed by atoms with Gasteiger partial charge in [0.2, 0.25) is 0 Å². The van der Waals surface area contributed by atoms with E-state index in [1.165, 1.54) is 50.5 Å². The van der Waals surface area contributed by atoms with Gasteiger partial charge in [-0.15, -0.1) is 0 Å². The highest BCUT2D eigenvalue weighted by Gasteiger charge is 1.92. The Morgan fingerprint density at radius 2 is 1.64 bits per heavy atom. The fraction of sp³-hybridized carbons (Fsp3) is 0.818. The molecule has 0 atom stereocenters. The van der Waals surface area contributed by atoms with E-state index >= 15 is 0 Å². The van der Waals surface area contributed by atoms with Crippen LogP contribution in [0.15, 0.2) is 12.2 Å². The summed E-state index contributed by atoms with van der Waals surface area (Å²) in [5.74, 6) is 0. The predicted molar refractivity (Wildman–Crippen MR) is 52.8 cm³/mol. The maximum Gasteiger partial charge on any atom is -0.0323 e. The number of rotatable bonds is 7. The van der Waals surface area contributed by atoms with Gasteiger partial charge in [0.15, 0.2) is 0 Å². The van der Waals surface area contributed by atoms with Gasteiger partial charge in [-0.05, 0) is 19.3 Å². The fourth-order valence-corrected chi connectivity index (χ4v) is 1.28. The summed E-state index contributed by atoms with van der Waals surface area (Å²) in [6.45, 7) is 8.51. The zero-order valence-electron chi connectivity index (χ0n) is 8.16. The van der Waals surface area contributed by atoms with Crippen molar-refractivity contribution < 1.29 is 0 Å². The Kier molecular flexibility index (Phi) is 7.66. The lowest BCUT2D eigenvalue weighted by Gasteiger charge is -2.02. The quantitative estimate of drug-likeness (QED) is 0.378. The molecule has 66 valence electrons. The molecule has 0 aliphatic heterocycles. The first-order chi connectivity index (χ1) is 5.31. The molecule has 0 rings (SSSR count). The number of unbranched alkanes of at least 4 members (excludes halogenated alkanes) is 3. The van der Waals surface area contributed by atoms with Gasteiger partial charge in [0.05, 0.1) is 0 Å². The van der Waals surface area contributed by atoms with Crippen LogP contribution < -0.4 is 0 Å². The molecule has 0 bridgehead atoms. The Bertz CT molecular complexity index is 92.2. The van der Waals surface area contributed by atoms with E-state index in [1.54, 1.807) is 0 Å². The van der Waals surface area contributed by atoms with Gasteiger partial charge in [0.25, 0.3) is 0 Å². The average molecular weight is 154 g/mol. The Morgan fingerprint density at radius 1 is 0.909 bits per heavy atom. The third-order valence-corrected chi connectivity index (χ3v) is 1.99. The molecule has 0 heterocycles. The van der Waals surface area contributed by atoms with Crippen molar-refractivity contribution >= 4 is 0 Å². The fourth-order valence-electron chi connectivity index (χ4n) is 1.28. The molecule has 0 spiro atoms. The van der Waals surface area contributed by atoms with Gasteiger partial charge in [-0.3, -0.25) is 0 Å². The summed E-state index contributed by atoms with van der Waals surface area (Å²) in [5.41, 5.74) is 1.45. The molecule has 0 nitrogen and oxygen atoms in total. The van der Waals surface area contributed by atoms with Crippen LogP contribution in [0.1, 0.15) is 58.8 Å². The summed E-state index contributed by atoms with van der Waals surface area (Å²) in [6.07, 6.45) is 9.21. The highest BCUT2D eigenvalue weighted by molar-refractivity contribution is 4.92. The van der Waals surface area contributed by atoms with Crippen LogP contribution in [0.5, 0.6) is 0 Å². The third-order valence-electron chi connectivity index (χ3n) is 1.99. The normalized spacial score (nSPS) is 10.0. The molecule has 0 amide bonds. The highest BCUT2D eigenvalue weighted by atomic mass is 14.0. The lowest BCUT2D eigenvalue weighted by atomic mass is 10.0. The molecule has 0 aromatic carbocycles. The van der Waals surface area contributed by atoms with Crippen LogP contribution in [0.4, 0.5) is 0 Å². The minimum absolute atomic E-state index is 1.23. The second-order valence-electron chi connectivity index (χ2n) is 3.31. The second-order valence-corrected chi connectivity index (χ2v) is 3.31. The first-order valence-electron chi connectivity index (χ1n) is 4.97. The van der Waals surface area contributed by atoms with E-state index in [9.17, 15) is 0 Å². The molecule has 0 fully saturated rings. The summed E-state index contributed by atoms with van der Waals surface area (Å²) in [5, 5.41) is 0. The first kappa shape index (κ1) is 10.7. The Labute approximate surface area is 71.7 Å². The monoisotopic (exact) mass is 154 g/mol. The molecule has 0 saturated heterocycles. The van der Waals surface area contributed by atoms with Gasteiger partial charge in [-0.1, -0.05) is 51.7 Å². The van der Waals surface area contributed by atoms with Gasteiger partial charge >= 0.3 is 0 Å². The van der Waals surface area contributed by atoms with E-state index in [4.69, 9.17) is 0 Å². The van der Waals surface area contributed by atoms with Crippen LogP contribution in [-0.4, -0.2) is 0 Å². The van der Waals surface area contributed by atoms with Crippen LogP contribution in [0.3, 0.4) is 0 Å². The molecule has 0 unspecified atom stereocenters. The Balaban J connectivity index is 3.04. The van der Waals surface area contributed by atoms with E-state index in [-0.39, 0.29) is 0 Å². The van der Waals surface area contributed by atoms with Crippen LogP contribution in [-0.2, 0) is 0 Å².